The van der Waals surface area contributed by atoms with E-state index in [2.05, 4.69) is 0 Å². The first kappa shape index (κ1) is 10.8. The van der Waals surface area contributed by atoms with E-state index in [0.29, 0.717) is 10.8 Å². The molecular formula is C12H15ClO2. The van der Waals surface area contributed by atoms with Crippen LogP contribution in [0.4, 0.5) is 0 Å². The maximum atomic E-state index is 9.43. The first-order valence-electron chi connectivity index (χ1n) is 5.17. The third-order valence-electron chi connectivity index (χ3n) is 3.38. The van der Waals surface area contributed by atoms with Crippen molar-refractivity contribution in [2.24, 2.45) is 0 Å². The largest absolute Gasteiger partial charge is 0.495 e. The van der Waals surface area contributed by atoms with Gasteiger partial charge in [-0.05, 0) is 30.5 Å². The number of benzene rings is 1. The average Bonchev–Trinajstić information content (AvgIpc) is 2.17. The summed E-state index contributed by atoms with van der Waals surface area (Å²) in [5, 5.41) is 10.1. The van der Waals surface area contributed by atoms with Crippen LogP contribution in [0.15, 0.2) is 18.2 Å². The van der Waals surface area contributed by atoms with Gasteiger partial charge in [0.1, 0.15) is 5.75 Å². The number of aliphatic hydroxyl groups excluding tert-OH is 1. The number of aliphatic hydroxyl groups is 1. The second-order valence-electron chi connectivity index (χ2n) is 4.14. The van der Waals surface area contributed by atoms with E-state index in [0.717, 1.165) is 18.4 Å². The van der Waals surface area contributed by atoms with Crippen molar-refractivity contribution in [2.45, 2.75) is 24.7 Å². The lowest BCUT2D eigenvalue weighted by Gasteiger charge is -2.41. The van der Waals surface area contributed by atoms with Gasteiger partial charge in [-0.25, -0.2) is 0 Å². The Morgan fingerprint density at radius 2 is 2.20 bits per heavy atom. The smallest absolute Gasteiger partial charge is 0.137 e. The summed E-state index contributed by atoms with van der Waals surface area (Å²) < 4.78 is 5.10. The van der Waals surface area contributed by atoms with E-state index in [9.17, 15) is 5.11 Å². The zero-order chi connectivity index (χ0) is 10.9. The van der Waals surface area contributed by atoms with E-state index in [4.69, 9.17) is 16.3 Å². The Bertz CT molecular complexity index is 353. The Labute approximate surface area is 94.8 Å². The summed E-state index contributed by atoms with van der Waals surface area (Å²) in [5.74, 6) is 0.688. The highest BCUT2D eigenvalue weighted by Crippen LogP contribution is 2.44. The van der Waals surface area contributed by atoms with Gasteiger partial charge in [0.15, 0.2) is 0 Å². The van der Waals surface area contributed by atoms with Crippen molar-refractivity contribution in [1.29, 1.82) is 0 Å². The molecule has 1 aromatic rings. The Morgan fingerprint density at radius 3 is 2.60 bits per heavy atom. The molecule has 15 heavy (non-hydrogen) atoms. The van der Waals surface area contributed by atoms with E-state index >= 15 is 0 Å². The van der Waals surface area contributed by atoms with E-state index < -0.39 is 0 Å². The van der Waals surface area contributed by atoms with Crippen LogP contribution in [0.3, 0.4) is 0 Å². The minimum atomic E-state index is -0.0457. The molecule has 0 heterocycles. The third-order valence-corrected chi connectivity index (χ3v) is 3.67. The molecule has 0 aromatic heterocycles. The monoisotopic (exact) mass is 226 g/mol. The molecule has 1 fully saturated rings. The fourth-order valence-corrected chi connectivity index (χ4v) is 2.40. The minimum absolute atomic E-state index is 0.0457. The standard InChI is InChI=1S/C12H15ClO2/c1-15-11-4-3-9(7-10(11)13)12(8-14)5-2-6-12/h3-4,7,14H,2,5-6,8H2,1H3. The van der Waals surface area contributed by atoms with E-state index in [-0.39, 0.29) is 12.0 Å². The fraction of sp³-hybridized carbons (Fsp3) is 0.500. The molecule has 0 spiro atoms. The van der Waals surface area contributed by atoms with Gasteiger partial charge >= 0.3 is 0 Å². The molecule has 2 nitrogen and oxygen atoms in total. The number of ether oxygens (including phenoxy) is 1. The van der Waals surface area contributed by atoms with Gasteiger partial charge in [0, 0.05) is 5.41 Å². The van der Waals surface area contributed by atoms with Crippen LogP contribution >= 0.6 is 11.6 Å². The quantitative estimate of drug-likeness (QED) is 0.859. The highest BCUT2D eigenvalue weighted by atomic mass is 35.5. The molecule has 0 saturated heterocycles. The van der Waals surface area contributed by atoms with Crippen molar-refractivity contribution in [1.82, 2.24) is 0 Å². The lowest BCUT2D eigenvalue weighted by atomic mass is 9.65. The summed E-state index contributed by atoms with van der Waals surface area (Å²) in [5.41, 5.74) is 1.08. The highest BCUT2D eigenvalue weighted by molar-refractivity contribution is 6.32. The van der Waals surface area contributed by atoms with Gasteiger partial charge in [0.05, 0.1) is 18.7 Å². The molecule has 1 saturated carbocycles. The summed E-state index contributed by atoms with van der Waals surface area (Å²) in [6.07, 6.45) is 3.28. The average molecular weight is 227 g/mol. The normalized spacial score (nSPS) is 18.3. The summed E-state index contributed by atoms with van der Waals surface area (Å²) in [7, 11) is 1.60. The van der Waals surface area contributed by atoms with Crippen LogP contribution in [0.1, 0.15) is 24.8 Å². The second kappa shape index (κ2) is 4.03. The van der Waals surface area contributed by atoms with Crippen molar-refractivity contribution in [3.8, 4) is 5.75 Å². The number of hydrogen-bond acceptors (Lipinski definition) is 2. The van der Waals surface area contributed by atoms with Crippen LogP contribution in [0.5, 0.6) is 5.75 Å². The SMILES string of the molecule is COc1ccc(C2(CO)CCC2)cc1Cl. The first-order valence-corrected chi connectivity index (χ1v) is 5.54. The molecule has 2 rings (SSSR count). The molecule has 1 aliphatic rings. The minimum Gasteiger partial charge on any atom is -0.495 e. The topological polar surface area (TPSA) is 29.5 Å². The van der Waals surface area contributed by atoms with Crippen LogP contribution in [0, 0.1) is 0 Å². The maximum absolute atomic E-state index is 9.43. The van der Waals surface area contributed by atoms with Gasteiger partial charge in [-0.3, -0.25) is 0 Å². The molecule has 82 valence electrons. The summed E-state index contributed by atoms with van der Waals surface area (Å²) >= 11 is 6.07. The molecule has 3 heteroatoms. The van der Waals surface area contributed by atoms with Gasteiger partial charge in [0.25, 0.3) is 0 Å². The first-order chi connectivity index (χ1) is 7.22. The Morgan fingerprint density at radius 1 is 1.47 bits per heavy atom. The predicted molar refractivity (Wildman–Crippen MR) is 60.6 cm³/mol. The zero-order valence-electron chi connectivity index (χ0n) is 8.79. The van der Waals surface area contributed by atoms with Crippen molar-refractivity contribution in [2.75, 3.05) is 13.7 Å². The highest BCUT2D eigenvalue weighted by Gasteiger charge is 2.38. The molecule has 0 aliphatic heterocycles. The van der Waals surface area contributed by atoms with Crippen molar-refractivity contribution < 1.29 is 9.84 Å². The Kier molecular flexibility index (Phi) is 2.89. The fourth-order valence-electron chi connectivity index (χ4n) is 2.14. The van der Waals surface area contributed by atoms with Crippen LogP contribution in [0.25, 0.3) is 0 Å². The third kappa shape index (κ3) is 1.72. The molecule has 1 aromatic carbocycles. The van der Waals surface area contributed by atoms with E-state index in [1.807, 2.05) is 18.2 Å². The van der Waals surface area contributed by atoms with Gasteiger partial charge in [-0.15, -0.1) is 0 Å². The number of rotatable bonds is 3. The molecule has 0 radical (unpaired) electrons. The van der Waals surface area contributed by atoms with Gasteiger partial charge in [-0.2, -0.15) is 0 Å². The van der Waals surface area contributed by atoms with Crippen LogP contribution in [0.2, 0.25) is 5.02 Å². The van der Waals surface area contributed by atoms with Crippen molar-refractivity contribution in [3.05, 3.63) is 28.8 Å². The molecule has 1 N–H and O–H groups in total. The Hall–Kier alpha value is -0.730. The molecule has 1 aliphatic carbocycles. The molecular weight excluding hydrogens is 212 g/mol. The predicted octanol–water partition coefficient (Wildman–Crippen LogP) is 2.76. The zero-order valence-corrected chi connectivity index (χ0v) is 9.55. The molecule has 0 atom stereocenters. The van der Waals surface area contributed by atoms with Gasteiger partial charge in [-0.1, -0.05) is 24.1 Å². The van der Waals surface area contributed by atoms with Crippen LogP contribution in [-0.2, 0) is 5.41 Å². The van der Waals surface area contributed by atoms with Gasteiger partial charge in [0.2, 0.25) is 0 Å². The van der Waals surface area contributed by atoms with E-state index in [1.54, 1.807) is 7.11 Å². The maximum Gasteiger partial charge on any atom is 0.137 e. The number of hydrogen-bond donors (Lipinski definition) is 1. The van der Waals surface area contributed by atoms with Crippen molar-refractivity contribution >= 4 is 11.6 Å². The second-order valence-corrected chi connectivity index (χ2v) is 4.55. The molecule has 0 unspecified atom stereocenters. The summed E-state index contributed by atoms with van der Waals surface area (Å²) in [6, 6.07) is 5.78. The van der Waals surface area contributed by atoms with Crippen LogP contribution in [-0.4, -0.2) is 18.8 Å². The lowest BCUT2D eigenvalue weighted by molar-refractivity contribution is 0.120. The van der Waals surface area contributed by atoms with Crippen LogP contribution < -0.4 is 4.74 Å². The Balaban J connectivity index is 2.33. The van der Waals surface area contributed by atoms with Gasteiger partial charge < -0.3 is 9.84 Å². The molecule has 0 bridgehead atoms. The lowest BCUT2D eigenvalue weighted by Crippen LogP contribution is -2.37. The number of methoxy groups -OCH3 is 1. The number of halogens is 1. The van der Waals surface area contributed by atoms with Crippen molar-refractivity contribution in [3.63, 3.8) is 0 Å². The summed E-state index contributed by atoms with van der Waals surface area (Å²) in [6.45, 7) is 0.204. The molecule has 0 amide bonds. The summed E-state index contributed by atoms with van der Waals surface area (Å²) in [4.78, 5) is 0. The van der Waals surface area contributed by atoms with E-state index in [1.165, 1.54) is 6.42 Å².